The highest BCUT2D eigenvalue weighted by atomic mass is 32.1. The molecule has 3 aromatic carbocycles. The molecule has 1 aliphatic heterocycles. The first-order valence-corrected chi connectivity index (χ1v) is 12.2. The van der Waals surface area contributed by atoms with Crippen molar-refractivity contribution >= 4 is 29.2 Å². The van der Waals surface area contributed by atoms with Crippen LogP contribution < -0.4 is 16.1 Å². The van der Waals surface area contributed by atoms with Crippen molar-refractivity contribution in [3.05, 3.63) is 101 Å². The van der Waals surface area contributed by atoms with Crippen LogP contribution in [0, 0.1) is 17.5 Å². The maximum absolute atomic E-state index is 15.1. The summed E-state index contributed by atoms with van der Waals surface area (Å²) in [6.07, 6.45) is 1.12. The molecule has 0 aliphatic carbocycles. The van der Waals surface area contributed by atoms with Gasteiger partial charge in [-0.05, 0) is 29.9 Å². The van der Waals surface area contributed by atoms with Gasteiger partial charge in [-0.3, -0.25) is 10.3 Å². The minimum atomic E-state index is -0.629. The number of nitrogens with two attached hydrogens (primary N) is 1. The van der Waals surface area contributed by atoms with Crippen molar-refractivity contribution in [3.8, 4) is 0 Å². The van der Waals surface area contributed by atoms with Crippen molar-refractivity contribution in [2.24, 2.45) is 10.8 Å². The van der Waals surface area contributed by atoms with E-state index < -0.39 is 11.6 Å². The number of rotatable bonds is 9. The molecule has 3 aromatic rings. The Balaban J connectivity index is 1.50. The molecule has 0 saturated carbocycles. The van der Waals surface area contributed by atoms with Crippen LogP contribution in [0.4, 0.5) is 18.9 Å². The van der Waals surface area contributed by atoms with Crippen molar-refractivity contribution in [2.45, 2.75) is 19.2 Å². The molecule has 1 heterocycles. The first-order chi connectivity index (χ1) is 17.9. The average molecular weight is 528 g/mol. The van der Waals surface area contributed by atoms with Gasteiger partial charge in [0, 0.05) is 43.4 Å². The first-order valence-electron chi connectivity index (χ1n) is 11.8. The molecular weight excluding hydrogens is 499 g/mol. The van der Waals surface area contributed by atoms with E-state index in [9.17, 15) is 8.78 Å². The Bertz CT molecular complexity index is 1240. The highest BCUT2D eigenvalue weighted by Gasteiger charge is 2.29. The standard InChI is InChI=1S/C27H28F3N5OS/c28-23-9-5-4-8-20(23)15-34-10-11-35(16-22(34)18-36-17-19-6-2-1-3-7-19)26-13-24(29)21(12-25(26)30)14-32-33-27(31)37/h1-9,12-14,22H,10-11,15-18H2,(H3,31,33,37)/t22-/m1/s1. The van der Waals surface area contributed by atoms with Crippen molar-refractivity contribution in [2.75, 3.05) is 31.1 Å². The summed E-state index contributed by atoms with van der Waals surface area (Å²) in [6, 6.07) is 18.5. The monoisotopic (exact) mass is 527 g/mol. The summed E-state index contributed by atoms with van der Waals surface area (Å²) in [4.78, 5) is 3.91. The topological polar surface area (TPSA) is 66.1 Å². The molecule has 6 nitrogen and oxygen atoms in total. The molecule has 1 aliphatic rings. The quantitative estimate of drug-likeness (QED) is 0.247. The van der Waals surface area contributed by atoms with E-state index in [-0.39, 0.29) is 28.2 Å². The number of hydrogen-bond acceptors (Lipinski definition) is 5. The summed E-state index contributed by atoms with van der Waals surface area (Å²) in [5.41, 5.74) is 9.33. The molecule has 3 N–H and O–H groups in total. The van der Waals surface area contributed by atoms with Crippen LogP contribution in [0.2, 0.25) is 0 Å². The van der Waals surface area contributed by atoms with Gasteiger partial charge in [0.05, 0.1) is 31.2 Å². The molecule has 0 amide bonds. The molecule has 4 rings (SSSR count). The lowest BCUT2D eigenvalue weighted by Gasteiger charge is -2.42. The molecule has 1 fully saturated rings. The number of anilines is 1. The van der Waals surface area contributed by atoms with E-state index in [0.29, 0.717) is 45.0 Å². The van der Waals surface area contributed by atoms with Gasteiger partial charge in [-0.1, -0.05) is 48.5 Å². The number of thiocarbonyl (C=S) groups is 1. The molecule has 0 bridgehead atoms. The normalized spacial score (nSPS) is 16.3. The Morgan fingerprint density at radius 1 is 1.03 bits per heavy atom. The molecule has 37 heavy (non-hydrogen) atoms. The maximum Gasteiger partial charge on any atom is 0.184 e. The molecule has 0 unspecified atom stereocenters. The van der Waals surface area contributed by atoms with Gasteiger partial charge in [0.1, 0.15) is 17.5 Å². The lowest BCUT2D eigenvalue weighted by molar-refractivity contribution is 0.0407. The van der Waals surface area contributed by atoms with Gasteiger partial charge in [-0.25, -0.2) is 13.2 Å². The third-order valence-corrected chi connectivity index (χ3v) is 6.23. The molecule has 0 aromatic heterocycles. The fourth-order valence-corrected chi connectivity index (χ4v) is 4.32. The number of hydrogen-bond donors (Lipinski definition) is 2. The van der Waals surface area contributed by atoms with Crippen LogP contribution in [0.3, 0.4) is 0 Å². The summed E-state index contributed by atoms with van der Waals surface area (Å²) in [5, 5.41) is 3.62. The minimum Gasteiger partial charge on any atom is -0.375 e. The largest absolute Gasteiger partial charge is 0.375 e. The van der Waals surface area contributed by atoms with E-state index in [1.54, 1.807) is 23.1 Å². The predicted molar refractivity (Wildman–Crippen MR) is 143 cm³/mol. The van der Waals surface area contributed by atoms with Crippen LogP contribution >= 0.6 is 12.2 Å². The van der Waals surface area contributed by atoms with Gasteiger partial charge in [0.25, 0.3) is 0 Å². The Kier molecular flexibility index (Phi) is 9.10. The van der Waals surface area contributed by atoms with Crippen LogP contribution in [0.25, 0.3) is 0 Å². The molecule has 1 atom stereocenters. The van der Waals surface area contributed by atoms with Crippen LogP contribution in [-0.2, 0) is 17.9 Å². The Labute approximate surface area is 219 Å². The highest BCUT2D eigenvalue weighted by Crippen LogP contribution is 2.26. The average Bonchev–Trinajstić information content (AvgIpc) is 2.88. The fraction of sp³-hybridized carbons (Fsp3) is 0.259. The summed E-state index contributed by atoms with van der Waals surface area (Å²) >= 11 is 4.65. The third kappa shape index (κ3) is 7.28. The van der Waals surface area contributed by atoms with E-state index >= 15 is 4.39 Å². The molecule has 194 valence electrons. The van der Waals surface area contributed by atoms with Gasteiger partial charge in [-0.2, -0.15) is 5.10 Å². The molecule has 0 spiro atoms. The lowest BCUT2D eigenvalue weighted by atomic mass is 10.1. The highest BCUT2D eigenvalue weighted by molar-refractivity contribution is 7.80. The van der Waals surface area contributed by atoms with Gasteiger partial charge in [0.2, 0.25) is 0 Å². The minimum absolute atomic E-state index is 0.0362. The SMILES string of the molecule is NC(=S)NN=Cc1cc(F)c(N2CCN(Cc3ccccc3F)[C@@H](COCc3ccccc3)C2)cc1F. The second-order valence-electron chi connectivity index (χ2n) is 8.72. The number of hydrazone groups is 1. The smallest absolute Gasteiger partial charge is 0.184 e. The number of piperazine rings is 1. The number of halogens is 3. The van der Waals surface area contributed by atoms with Crippen molar-refractivity contribution in [1.82, 2.24) is 10.3 Å². The second kappa shape index (κ2) is 12.7. The van der Waals surface area contributed by atoms with Gasteiger partial charge in [0.15, 0.2) is 5.11 Å². The molecule has 10 heteroatoms. The van der Waals surface area contributed by atoms with Crippen LogP contribution in [0.5, 0.6) is 0 Å². The van der Waals surface area contributed by atoms with Crippen LogP contribution in [0.15, 0.2) is 71.8 Å². The Morgan fingerprint density at radius 3 is 2.54 bits per heavy atom. The number of nitrogens with one attached hydrogen (secondary N) is 1. The Morgan fingerprint density at radius 2 is 1.78 bits per heavy atom. The fourth-order valence-electron chi connectivity index (χ4n) is 4.27. The van der Waals surface area contributed by atoms with E-state index in [1.807, 2.05) is 30.3 Å². The van der Waals surface area contributed by atoms with Crippen LogP contribution in [0.1, 0.15) is 16.7 Å². The van der Waals surface area contributed by atoms with Crippen LogP contribution in [-0.4, -0.2) is 48.5 Å². The van der Waals surface area contributed by atoms with E-state index in [4.69, 9.17) is 10.5 Å². The zero-order chi connectivity index (χ0) is 26.2. The van der Waals surface area contributed by atoms with Crippen molar-refractivity contribution < 1.29 is 17.9 Å². The third-order valence-electron chi connectivity index (χ3n) is 6.14. The van der Waals surface area contributed by atoms with Crippen molar-refractivity contribution in [3.63, 3.8) is 0 Å². The van der Waals surface area contributed by atoms with E-state index in [0.717, 1.165) is 23.9 Å². The Hall–Kier alpha value is -3.47. The van der Waals surface area contributed by atoms with E-state index in [1.165, 1.54) is 6.07 Å². The zero-order valence-corrected chi connectivity index (χ0v) is 20.9. The lowest BCUT2D eigenvalue weighted by Crippen LogP contribution is -2.55. The summed E-state index contributed by atoms with van der Waals surface area (Å²) < 4.78 is 50.2. The molecular formula is C27H28F3N5OS. The number of nitrogens with zero attached hydrogens (tertiary/aromatic N) is 3. The van der Waals surface area contributed by atoms with Gasteiger partial charge < -0.3 is 15.4 Å². The maximum atomic E-state index is 15.1. The summed E-state index contributed by atoms with van der Waals surface area (Å²) in [6.45, 7) is 2.51. The summed E-state index contributed by atoms with van der Waals surface area (Å²) in [7, 11) is 0. The predicted octanol–water partition coefficient (Wildman–Crippen LogP) is 4.18. The first kappa shape index (κ1) is 26.6. The second-order valence-corrected chi connectivity index (χ2v) is 9.16. The van der Waals surface area contributed by atoms with Gasteiger partial charge in [-0.15, -0.1) is 0 Å². The zero-order valence-electron chi connectivity index (χ0n) is 20.1. The summed E-state index contributed by atoms with van der Waals surface area (Å²) in [5.74, 6) is -1.48. The van der Waals surface area contributed by atoms with Gasteiger partial charge >= 0.3 is 0 Å². The molecule has 1 saturated heterocycles. The molecule has 0 radical (unpaired) electrons. The van der Waals surface area contributed by atoms with Crippen molar-refractivity contribution in [1.29, 1.82) is 0 Å². The number of benzene rings is 3. The van der Waals surface area contributed by atoms with E-state index in [2.05, 4.69) is 27.6 Å². The number of ether oxygens (including phenoxy) is 1.